The summed E-state index contributed by atoms with van der Waals surface area (Å²) in [6.07, 6.45) is 0. The first-order valence-corrected chi connectivity index (χ1v) is 4.92. The van der Waals surface area contributed by atoms with Crippen LogP contribution in [0, 0.1) is 6.92 Å². The van der Waals surface area contributed by atoms with Crippen molar-refractivity contribution in [3.63, 3.8) is 0 Å². The molecule has 5 heteroatoms. The molecule has 0 aliphatic carbocycles. The number of ether oxygens (including phenoxy) is 1. The molecule has 0 saturated carbocycles. The van der Waals surface area contributed by atoms with Gasteiger partial charge in [0.15, 0.2) is 5.16 Å². The number of nitrogens with zero attached hydrogens (tertiary/aromatic N) is 3. The molecule has 4 nitrogen and oxygen atoms in total. The fourth-order valence-electron chi connectivity index (χ4n) is 1.38. The smallest absolute Gasteiger partial charge is 0.192 e. The van der Waals surface area contributed by atoms with Crippen LogP contribution in [0.1, 0.15) is 5.82 Å². The van der Waals surface area contributed by atoms with E-state index in [1.54, 1.807) is 7.11 Å². The lowest BCUT2D eigenvalue weighted by molar-refractivity contribution is 0.414. The maximum atomic E-state index is 5.09. The number of methoxy groups -OCH3 is 1. The van der Waals surface area contributed by atoms with Gasteiger partial charge in [0.1, 0.15) is 11.6 Å². The zero-order valence-electron chi connectivity index (χ0n) is 8.51. The van der Waals surface area contributed by atoms with E-state index in [0.29, 0.717) is 5.16 Å². The zero-order valence-corrected chi connectivity index (χ0v) is 9.40. The topological polar surface area (TPSA) is 39.9 Å². The van der Waals surface area contributed by atoms with E-state index in [9.17, 15) is 0 Å². The van der Waals surface area contributed by atoms with Crippen LogP contribution in [0.5, 0.6) is 5.75 Å². The van der Waals surface area contributed by atoms with Crippen LogP contribution < -0.4 is 4.74 Å². The second-order valence-corrected chi connectivity index (χ2v) is 3.48. The Balaban J connectivity index is 2.45. The molecule has 0 radical (unpaired) electrons. The highest BCUT2D eigenvalue weighted by Gasteiger charge is 2.06. The Kier molecular flexibility index (Phi) is 2.64. The number of rotatable bonds is 2. The molecule has 1 aromatic heterocycles. The van der Waals surface area contributed by atoms with Crippen molar-refractivity contribution in [1.82, 2.24) is 14.8 Å². The van der Waals surface area contributed by atoms with Crippen molar-refractivity contribution in [3.05, 3.63) is 30.1 Å². The van der Waals surface area contributed by atoms with Gasteiger partial charge in [-0.25, -0.2) is 0 Å². The first kappa shape index (κ1) is 10.0. The van der Waals surface area contributed by atoms with Gasteiger partial charge in [-0.3, -0.25) is 4.57 Å². The number of aromatic nitrogens is 3. The molecule has 1 heterocycles. The molecule has 1 aromatic carbocycles. The lowest BCUT2D eigenvalue weighted by Crippen LogP contribution is -1.97. The van der Waals surface area contributed by atoms with E-state index < -0.39 is 0 Å². The maximum absolute atomic E-state index is 5.09. The Morgan fingerprint density at radius 2 is 1.87 bits per heavy atom. The quantitative estimate of drug-likeness (QED) is 0.787. The van der Waals surface area contributed by atoms with E-state index in [-0.39, 0.29) is 0 Å². The molecule has 0 atom stereocenters. The Morgan fingerprint density at radius 3 is 2.33 bits per heavy atom. The summed E-state index contributed by atoms with van der Waals surface area (Å²) in [4.78, 5) is 0. The average molecular weight is 221 g/mol. The Labute approximate surface area is 93.3 Å². The second kappa shape index (κ2) is 3.94. The minimum Gasteiger partial charge on any atom is -0.497 e. The van der Waals surface area contributed by atoms with Crippen LogP contribution in [-0.2, 0) is 0 Å². The predicted molar refractivity (Wildman–Crippen MR) is 59.9 cm³/mol. The summed E-state index contributed by atoms with van der Waals surface area (Å²) in [6, 6.07) is 7.66. The minimum absolute atomic E-state index is 0.581. The van der Waals surface area contributed by atoms with Gasteiger partial charge >= 0.3 is 0 Å². The number of hydrogen-bond donors (Lipinski definition) is 1. The monoisotopic (exact) mass is 221 g/mol. The summed E-state index contributed by atoms with van der Waals surface area (Å²) in [7, 11) is 1.64. The Hall–Kier alpha value is -1.49. The lowest BCUT2D eigenvalue weighted by atomic mass is 10.3. The molecule has 0 aliphatic rings. The predicted octanol–water partition coefficient (Wildman–Crippen LogP) is 1.87. The van der Waals surface area contributed by atoms with Crippen molar-refractivity contribution in [2.45, 2.75) is 12.1 Å². The zero-order chi connectivity index (χ0) is 10.8. The maximum Gasteiger partial charge on any atom is 0.192 e. The second-order valence-electron chi connectivity index (χ2n) is 3.08. The van der Waals surface area contributed by atoms with Crippen molar-refractivity contribution in [1.29, 1.82) is 0 Å². The van der Waals surface area contributed by atoms with Crippen molar-refractivity contribution in [3.8, 4) is 11.4 Å². The Bertz CT molecular complexity index is 445. The number of thiol groups is 1. The molecular formula is C10H11N3OS. The number of aryl methyl sites for hydroxylation is 1. The van der Waals surface area contributed by atoms with Crippen molar-refractivity contribution < 1.29 is 4.74 Å². The molecular weight excluding hydrogens is 210 g/mol. The summed E-state index contributed by atoms with van der Waals surface area (Å²) < 4.78 is 6.95. The molecule has 0 bridgehead atoms. The van der Waals surface area contributed by atoms with Gasteiger partial charge in [-0.2, -0.15) is 0 Å². The third-order valence-electron chi connectivity index (χ3n) is 2.14. The van der Waals surface area contributed by atoms with Gasteiger partial charge in [0.2, 0.25) is 0 Å². The van der Waals surface area contributed by atoms with E-state index >= 15 is 0 Å². The summed E-state index contributed by atoms with van der Waals surface area (Å²) in [5.41, 5.74) is 0.975. The van der Waals surface area contributed by atoms with Crippen LogP contribution in [0.15, 0.2) is 29.4 Å². The van der Waals surface area contributed by atoms with Crippen molar-refractivity contribution in [2.24, 2.45) is 0 Å². The molecule has 2 aromatic rings. The van der Waals surface area contributed by atoms with Gasteiger partial charge in [0.25, 0.3) is 0 Å². The Morgan fingerprint density at radius 1 is 1.20 bits per heavy atom. The third-order valence-corrected chi connectivity index (χ3v) is 2.43. The van der Waals surface area contributed by atoms with E-state index in [1.165, 1.54) is 0 Å². The van der Waals surface area contributed by atoms with E-state index in [1.807, 2.05) is 35.8 Å². The third kappa shape index (κ3) is 1.83. The highest BCUT2D eigenvalue weighted by molar-refractivity contribution is 7.80. The standard InChI is InChI=1S/C10H11N3OS/c1-7-11-12-10(15)13(7)8-3-5-9(14-2)6-4-8/h3-6H,1-2H3,(H,12,15). The molecule has 0 N–H and O–H groups in total. The lowest BCUT2D eigenvalue weighted by Gasteiger charge is -2.06. The molecule has 0 spiro atoms. The van der Waals surface area contributed by atoms with Crippen molar-refractivity contribution in [2.75, 3.05) is 7.11 Å². The van der Waals surface area contributed by atoms with Gasteiger partial charge in [0, 0.05) is 5.69 Å². The fourth-order valence-corrected chi connectivity index (χ4v) is 1.69. The van der Waals surface area contributed by atoms with Gasteiger partial charge < -0.3 is 4.74 Å². The molecule has 0 saturated heterocycles. The normalized spacial score (nSPS) is 10.3. The molecule has 0 aliphatic heterocycles. The SMILES string of the molecule is COc1ccc(-n2c(C)nnc2S)cc1. The molecule has 0 amide bonds. The molecule has 15 heavy (non-hydrogen) atoms. The summed E-state index contributed by atoms with van der Waals surface area (Å²) >= 11 is 4.24. The van der Waals surface area contributed by atoms with Crippen LogP contribution in [-0.4, -0.2) is 21.9 Å². The van der Waals surface area contributed by atoms with E-state index in [0.717, 1.165) is 17.3 Å². The first-order chi connectivity index (χ1) is 7.22. The van der Waals surface area contributed by atoms with Crippen LogP contribution in [0.25, 0.3) is 5.69 Å². The van der Waals surface area contributed by atoms with Gasteiger partial charge in [-0.05, 0) is 31.2 Å². The summed E-state index contributed by atoms with van der Waals surface area (Å²) in [5, 5.41) is 8.40. The fraction of sp³-hybridized carbons (Fsp3) is 0.200. The molecule has 78 valence electrons. The van der Waals surface area contributed by atoms with Gasteiger partial charge in [0.05, 0.1) is 7.11 Å². The van der Waals surface area contributed by atoms with Crippen LogP contribution >= 0.6 is 12.6 Å². The van der Waals surface area contributed by atoms with Crippen molar-refractivity contribution >= 4 is 12.6 Å². The van der Waals surface area contributed by atoms with Gasteiger partial charge in [-0.15, -0.1) is 22.8 Å². The largest absolute Gasteiger partial charge is 0.497 e. The molecule has 0 unspecified atom stereocenters. The number of benzene rings is 1. The van der Waals surface area contributed by atoms with E-state index in [4.69, 9.17) is 4.74 Å². The number of hydrogen-bond acceptors (Lipinski definition) is 4. The molecule has 0 fully saturated rings. The highest BCUT2D eigenvalue weighted by atomic mass is 32.1. The minimum atomic E-state index is 0.581. The van der Waals surface area contributed by atoms with E-state index in [2.05, 4.69) is 22.8 Å². The average Bonchev–Trinajstić information content (AvgIpc) is 2.59. The van der Waals surface area contributed by atoms with Gasteiger partial charge in [-0.1, -0.05) is 0 Å². The summed E-state index contributed by atoms with van der Waals surface area (Å²) in [5.74, 6) is 1.63. The van der Waals surface area contributed by atoms with Crippen LogP contribution in [0.2, 0.25) is 0 Å². The molecule has 2 rings (SSSR count). The van der Waals surface area contributed by atoms with Crippen LogP contribution in [0.3, 0.4) is 0 Å². The summed E-state index contributed by atoms with van der Waals surface area (Å²) in [6.45, 7) is 1.89. The first-order valence-electron chi connectivity index (χ1n) is 4.48. The highest BCUT2D eigenvalue weighted by Crippen LogP contribution is 2.18. The van der Waals surface area contributed by atoms with Crippen LogP contribution in [0.4, 0.5) is 0 Å².